The predicted octanol–water partition coefficient (Wildman–Crippen LogP) is 0.660. The molecule has 1 amide bonds. The van der Waals surface area contributed by atoms with Crippen molar-refractivity contribution in [3.63, 3.8) is 0 Å². The lowest BCUT2D eigenvalue weighted by Crippen LogP contribution is -2.35. The number of para-hydroxylation sites is 1. The number of hydrogen-bond acceptors (Lipinski definition) is 3. The number of hydrogen-bond donors (Lipinski definition) is 2. The quantitative estimate of drug-likeness (QED) is 0.788. The van der Waals surface area contributed by atoms with Gasteiger partial charge < -0.3 is 15.2 Å². The molecule has 0 spiro atoms. The van der Waals surface area contributed by atoms with Crippen LogP contribution in [0, 0.1) is 0 Å². The fraction of sp³-hybridized carbons (Fsp3) is 0.417. The van der Waals surface area contributed by atoms with Crippen molar-refractivity contribution >= 4 is 5.91 Å². The summed E-state index contributed by atoms with van der Waals surface area (Å²) in [7, 11) is 0. The fourth-order valence-electron chi connectivity index (χ4n) is 1.75. The molecule has 1 aliphatic rings. The molecule has 1 aromatic carbocycles. The van der Waals surface area contributed by atoms with E-state index in [0.29, 0.717) is 6.61 Å². The number of carbonyl (C=O) groups excluding carboxylic acids is 1. The second-order valence-electron chi connectivity index (χ2n) is 4.00. The highest BCUT2D eigenvalue weighted by atomic mass is 16.5. The molecule has 4 nitrogen and oxygen atoms in total. The van der Waals surface area contributed by atoms with Gasteiger partial charge in [0.2, 0.25) is 5.91 Å². The van der Waals surface area contributed by atoms with Crippen molar-refractivity contribution in [2.45, 2.75) is 18.9 Å². The molecule has 0 radical (unpaired) electrons. The van der Waals surface area contributed by atoms with Gasteiger partial charge in [0.05, 0.1) is 6.10 Å². The first-order chi connectivity index (χ1) is 7.68. The largest absolute Gasteiger partial charge is 0.492 e. The molecular weight excluding hydrogens is 206 g/mol. The maximum Gasteiger partial charge on any atom is 0.231 e. The summed E-state index contributed by atoms with van der Waals surface area (Å²) in [6, 6.07) is 7.53. The summed E-state index contributed by atoms with van der Waals surface area (Å²) in [5, 5.41) is 11.8. The van der Waals surface area contributed by atoms with E-state index in [1.807, 2.05) is 24.3 Å². The molecule has 1 aromatic rings. The zero-order valence-electron chi connectivity index (χ0n) is 9.14. The Balaban J connectivity index is 2.04. The minimum atomic E-state index is -0.526. The van der Waals surface area contributed by atoms with Crippen LogP contribution >= 0.6 is 0 Å². The Kier molecular flexibility index (Phi) is 3.10. The van der Waals surface area contributed by atoms with Gasteiger partial charge in [0.25, 0.3) is 0 Å². The summed E-state index contributed by atoms with van der Waals surface area (Å²) in [5.74, 6) is 0.431. The van der Waals surface area contributed by atoms with Crippen LogP contribution in [0.5, 0.6) is 5.75 Å². The molecule has 0 aliphatic carbocycles. The Morgan fingerprint density at radius 1 is 1.62 bits per heavy atom. The minimum Gasteiger partial charge on any atom is -0.492 e. The first kappa shape index (κ1) is 11.0. The zero-order chi connectivity index (χ0) is 11.5. The van der Waals surface area contributed by atoms with Crippen molar-refractivity contribution in [1.29, 1.82) is 0 Å². The number of fused-ring (bicyclic) bond motifs is 1. The van der Waals surface area contributed by atoms with Crippen molar-refractivity contribution in [1.82, 2.24) is 5.32 Å². The van der Waals surface area contributed by atoms with Gasteiger partial charge in [-0.05, 0) is 13.0 Å². The van der Waals surface area contributed by atoms with Gasteiger partial charge in [0, 0.05) is 12.1 Å². The number of nitrogens with one attached hydrogen (secondary N) is 1. The van der Waals surface area contributed by atoms with Crippen LogP contribution in [0.2, 0.25) is 0 Å². The Hall–Kier alpha value is -1.55. The molecule has 1 aliphatic heterocycles. The van der Waals surface area contributed by atoms with E-state index in [-0.39, 0.29) is 18.4 Å². The first-order valence-electron chi connectivity index (χ1n) is 5.36. The Morgan fingerprint density at radius 2 is 2.38 bits per heavy atom. The normalized spacial score (nSPS) is 19.8. The smallest absolute Gasteiger partial charge is 0.231 e. The van der Waals surface area contributed by atoms with Crippen molar-refractivity contribution in [2.24, 2.45) is 0 Å². The van der Waals surface area contributed by atoms with E-state index < -0.39 is 6.10 Å². The average Bonchev–Trinajstić information content (AvgIpc) is 2.69. The van der Waals surface area contributed by atoms with Crippen molar-refractivity contribution in [2.75, 3.05) is 13.2 Å². The van der Waals surface area contributed by atoms with Crippen LogP contribution in [0.3, 0.4) is 0 Å². The molecule has 0 saturated carbocycles. The lowest BCUT2D eigenvalue weighted by Gasteiger charge is -2.11. The van der Waals surface area contributed by atoms with E-state index in [4.69, 9.17) is 9.84 Å². The average molecular weight is 221 g/mol. The topological polar surface area (TPSA) is 58.6 Å². The van der Waals surface area contributed by atoms with Gasteiger partial charge in [-0.3, -0.25) is 4.79 Å². The Bertz CT molecular complexity index is 390. The third-order valence-electron chi connectivity index (χ3n) is 2.59. The highest BCUT2D eigenvalue weighted by Gasteiger charge is 2.29. The predicted molar refractivity (Wildman–Crippen MR) is 59.4 cm³/mol. The number of carbonyl (C=O) groups is 1. The maximum atomic E-state index is 11.8. The van der Waals surface area contributed by atoms with Crippen molar-refractivity contribution < 1.29 is 14.6 Å². The molecule has 2 unspecified atom stereocenters. The maximum absolute atomic E-state index is 11.8. The zero-order valence-corrected chi connectivity index (χ0v) is 9.14. The molecule has 2 N–H and O–H groups in total. The van der Waals surface area contributed by atoms with Crippen LogP contribution in [-0.2, 0) is 4.79 Å². The highest BCUT2D eigenvalue weighted by molar-refractivity contribution is 5.85. The SMILES string of the molecule is CC(O)CNC(=O)C1COc2ccccc21. The van der Waals surface area contributed by atoms with Gasteiger partial charge in [-0.2, -0.15) is 0 Å². The lowest BCUT2D eigenvalue weighted by molar-refractivity contribution is -0.123. The molecule has 16 heavy (non-hydrogen) atoms. The summed E-state index contributed by atoms with van der Waals surface area (Å²) < 4.78 is 5.42. The van der Waals surface area contributed by atoms with E-state index >= 15 is 0 Å². The van der Waals surface area contributed by atoms with Crippen molar-refractivity contribution in [3.8, 4) is 5.75 Å². The molecule has 1 heterocycles. The van der Waals surface area contributed by atoms with Gasteiger partial charge in [-0.1, -0.05) is 18.2 Å². The molecule has 86 valence electrons. The standard InChI is InChI=1S/C12H15NO3/c1-8(14)6-13-12(15)10-7-16-11-5-3-2-4-9(10)11/h2-5,8,10,14H,6-7H2,1H3,(H,13,15). The summed E-state index contributed by atoms with van der Waals surface area (Å²) in [6.07, 6.45) is -0.526. The Labute approximate surface area is 94.2 Å². The monoisotopic (exact) mass is 221 g/mol. The number of amides is 1. The summed E-state index contributed by atoms with van der Waals surface area (Å²) in [5.41, 5.74) is 0.922. The molecule has 4 heteroatoms. The molecular formula is C12H15NO3. The van der Waals surface area contributed by atoms with E-state index in [2.05, 4.69) is 5.32 Å². The van der Waals surface area contributed by atoms with Crippen LogP contribution in [0.25, 0.3) is 0 Å². The van der Waals surface area contributed by atoms with Gasteiger partial charge in [-0.25, -0.2) is 0 Å². The van der Waals surface area contributed by atoms with E-state index in [1.165, 1.54) is 0 Å². The summed E-state index contributed by atoms with van der Waals surface area (Å²) >= 11 is 0. The summed E-state index contributed by atoms with van der Waals surface area (Å²) in [4.78, 5) is 11.8. The molecule has 2 rings (SSSR count). The molecule has 2 atom stereocenters. The molecule has 0 aromatic heterocycles. The first-order valence-corrected chi connectivity index (χ1v) is 5.36. The number of benzene rings is 1. The second kappa shape index (κ2) is 4.53. The van der Waals surface area contributed by atoms with Gasteiger partial charge in [0.15, 0.2) is 0 Å². The number of rotatable bonds is 3. The van der Waals surface area contributed by atoms with Gasteiger partial charge in [0.1, 0.15) is 18.3 Å². The van der Waals surface area contributed by atoms with Crippen LogP contribution < -0.4 is 10.1 Å². The Morgan fingerprint density at radius 3 is 3.12 bits per heavy atom. The molecule has 0 fully saturated rings. The van der Waals surface area contributed by atoms with Crippen molar-refractivity contribution in [3.05, 3.63) is 29.8 Å². The lowest BCUT2D eigenvalue weighted by atomic mass is 10.0. The fourth-order valence-corrected chi connectivity index (χ4v) is 1.75. The van der Waals surface area contributed by atoms with E-state index in [0.717, 1.165) is 11.3 Å². The number of aliphatic hydroxyl groups excluding tert-OH is 1. The van der Waals surface area contributed by atoms with E-state index in [1.54, 1.807) is 6.92 Å². The number of aliphatic hydroxyl groups is 1. The third-order valence-corrected chi connectivity index (χ3v) is 2.59. The van der Waals surface area contributed by atoms with Crippen LogP contribution in [-0.4, -0.2) is 30.3 Å². The molecule has 0 bridgehead atoms. The second-order valence-corrected chi connectivity index (χ2v) is 4.00. The third kappa shape index (κ3) is 2.17. The van der Waals surface area contributed by atoms with Crippen LogP contribution in [0.4, 0.5) is 0 Å². The summed E-state index contributed by atoms with van der Waals surface area (Å²) in [6.45, 7) is 2.29. The van der Waals surface area contributed by atoms with Crippen LogP contribution in [0.15, 0.2) is 24.3 Å². The van der Waals surface area contributed by atoms with Crippen LogP contribution in [0.1, 0.15) is 18.4 Å². The minimum absolute atomic E-state index is 0.0918. The van der Waals surface area contributed by atoms with Gasteiger partial charge >= 0.3 is 0 Å². The number of ether oxygens (including phenoxy) is 1. The van der Waals surface area contributed by atoms with Gasteiger partial charge in [-0.15, -0.1) is 0 Å². The molecule has 0 saturated heterocycles. The van der Waals surface area contributed by atoms with E-state index in [9.17, 15) is 4.79 Å². The highest BCUT2D eigenvalue weighted by Crippen LogP contribution is 2.33.